The van der Waals surface area contributed by atoms with Crippen molar-refractivity contribution in [3.8, 4) is 0 Å². The number of aliphatic hydroxyl groups excluding tert-OH is 1. The summed E-state index contributed by atoms with van der Waals surface area (Å²) in [7, 11) is 1.26. The molecular weight excluding hydrogens is 204 g/mol. The van der Waals surface area contributed by atoms with Crippen molar-refractivity contribution in [2.75, 3.05) is 7.11 Å². The maximum absolute atomic E-state index is 11.3. The van der Waals surface area contributed by atoms with Crippen LogP contribution in [0.3, 0.4) is 0 Å². The Morgan fingerprint density at radius 3 is 2.62 bits per heavy atom. The summed E-state index contributed by atoms with van der Waals surface area (Å²) in [5.74, 6) is -0.599. The molecule has 3 heteroatoms. The van der Waals surface area contributed by atoms with Crippen molar-refractivity contribution in [1.82, 2.24) is 0 Å². The summed E-state index contributed by atoms with van der Waals surface area (Å²) >= 11 is 0. The van der Waals surface area contributed by atoms with E-state index in [2.05, 4.69) is 17.0 Å². The summed E-state index contributed by atoms with van der Waals surface area (Å²) in [6.07, 6.45) is -0.597. The van der Waals surface area contributed by atoms with Gasteiger partial charge in [-0.25, -0.2) is 4.79 Å². The van der Waals surface area contributed by atoms with E-state index in [0.29, 0.717) is 6.42 Å². The highest BCUT2D eigenvalue weighted by Gasteiger charge is 2.19. The van der Waals surface area contributed by atoms with Gasteiger partial charge in [0.25, 0.3) is 0 Å². The molecule has 1 aromatic rings. The molecule has 1 atom stereocenters. The maximum Gasteiger partial charge on any atom is 0.344 e. The molecule has 0 radical (unpaired) electrons. The standard InChI is InChI=1S/C13H14O3/c1-3-11(13(15)16-2)12(14)9-10-7-5-4-6-8-10/h4-8,12,14H,1,9H2,2H3/t12-/m1/s1. The van der Waals surface area contributed by atoms with Crippen molar-refractivity contribution in [2.45, 2.75) is 12.5 Å². The van der Waals surface area contributed by atoms with Gasteiger partial charge in [0.2, 0.25) is 0 Å². The molecule has 0 aromatic heterocycles. The summed E-state index contributed by atoms with van der Waals surface area (Å²) in [6.45, 7) is 3.37. The number of benzene rings is 1. The maximum atomic E-state index is 11.3. The second kappa shape index (κ2) is 5.91. The van der Waals surface area contributed by atoms with Crippen LogP contribution < -0.4 is 0 Å². The van der Waals surface area contributed by atoms with Gasteiger partial charge in [0.1, 0.15) is 5.57 Å². The first-order valence-corrected chi connectivity index (χ1v) is 4.89. The molecule has 3 nitrogen and oxygen atoms in total. The van der Waals surface area contributed by atoms with Gasteiger partial charge in [0.15, 0.2) is 0 Å². The first-order valence-electron chi connectivity index (χ1n) is 4.89. The van der Waals surface area contributed by atoms with Crippen molar-refractivity contribution < 1.29 is 14.6 Å². The molecule has 84 valence electrons. The second-order valence-electron chi connectivity index (χ2n) is 3.29. The van der Waals surface area contributed by atoms with E-state index in [4.69, 9.17) is 0 Å². The number of rotatable bonds is 4. The molecule has 0 saturated heterocycles. The van der Waals surface area contributed by atoms with Gasteiger partial charge in [-0.3, -0.25) is 0 Å². The molecule has 0 spiro atoms. The monoisotopic (exact) mass is 218 g/mol. The second-order valence-corrected chi connectivity index (χ2v) is 3.29. The Morgan fingerprint density at radius 2 is 2.12 bits per heavy atom. The van der Waals surface area contributed by atoms with Gasteiger partial charge >= 0.3 is 5.97 Å². The molecular formula is C13H14O3. The Labute approximate surface area is 94.7 Å². The Bertz CT molecular complexity index is 402. The fraction of sp³-hybridized carbons (Fsp3) is 0.231. The normalized spacial score (nSPS) is 11.4. The number of carbonyl (C=O) groups excluding carboxylic acids is 1. The molecule has 0 unspecified atom stereocenters. The number of esters is 1. The molecule has 0 aliphatic heterocycles. The lowest BCUT2D eigenvalue weighted by Gasteiger charge is -2.11. The molecule has 0 amide bonds. The van der Waals surface area contributed by atoms with E-state index in [1.165, 1.54) is 7.11 Å². The third kappa shape index (κ3) is 3.09. The largest absolute Gasteiger partial charge is 0.465 e. The quantitative estimate of drug-likeness (QED) is 0.473. The molecule has 0 fully saturated rings. The molecule has 0 aliphatic rings. The summed E-state index contributed by atoms with van der Waals surface area (Å²) in [5.41, 5.74) is 3.41. The van der Waals surface area contributed by atoms with Gasteiger partial charge in [0, 0.05) is 6.42 Å². The lowest BCUT2D eigenvalue weighted by atomic mass is 10.0. The van der Waals surface area contributed by atoms with E-state index in [9.17, 15) is 9.90 Å². The highest BCUT2D eigenvalue weighted by atomic mass is 16.5. The number of hydrogen-bond acceptors (Lipinski definition) is 3. The van der Waals surface area contributed by atoms with Gasteiger partial charge in [-0.15, -0.1) is 5.73 Å². The van der Waals surface area contributed by atoms with Crippen LogP contribution in [0.1, 0.15) is 5.56 Å². The lowest BCUT2D eigenvalue weighted by Crippen LogP contribution is -2.20. The van der Waals surface area contributed by atoms with Crippen LogP contribution in [0.4, 0.5) is 0 Å². The van der Waals surface area contributed by atoms with Crippen molar-refractivity contribution in [3.63, 3.8) is 0 Å². The Kier molecular flexibility index (Phi) is 4.52. The minimum Gasteiger partial charge on any atom is -0.465 e. The van der Waals surface area contributed by atoms with Crippen molar-refractivity contribution in [2.24, 2.45) is 0 Å². The zero-order chi connectivity index (χ0) is 12.0. The lowest BCUT2D eigenvalue weighted by molar-refractivity contribution is -0.137. The first-order chi connectivity index (χ1) is 7.69. The molecule has 1 N–H and O–H groups in total. The molecule has 1 aromatic carbocycles. The number of ether oxygens (including phenoxy) is 1. The van der Waals surface area contributed by atoms with Crippen molar-refractivity contribution in [1.29, 1.82) is 0 Å². The predicted octanol–water partition coefficient (Wildman–Crippen LogP) is 1.47. The van der Waals surface area contributed by atoms with E-state index >= 15 is 0 Å². The first kappa shape index (κ1) is 12.2. The molecule has 0 aliphatic carbocycles. The average molecular weight is 218 g/mol. The van der Waals surface area contributed by atoms with Gasteiger partial charge in [0.05, 0.1) is 13.2 Å². The minimum atomic E-state index is -0.938. The Morgan fingerprint density at radius 1 is 1.50 bits per heavy atom. The zero-order valence-electron chi connectivity index (χ0n) is 9.14. The van der Waals surface area contributed by atoms with Crippen LogP contribution in [-0.2, 0) is 16.0 Å². The highest BCUT2D eigenvalue weighted by Crippen LogP contribution is 2.10. The van der Waals surface area contributed by atoms with Gasteiger partial charge in [-0.05, 0) is 5.56 Å². The van der Waals surface area contributed by atoms with Crippen LogP contribution in [0, 0.1) is 0 Å². The fourth-order valence-electron chi connectivity index (χ4n) is 1.38. The Hall–Kier alpha value is -1.83. The van der Waals surface area contributed by atoms with E-state index in [1.807, 2.05) is 30.3 Å². The van der Waals surface area contributed by atoms with Crippen molar-refractivity contribution in [3.05, 3.63) is 53.8 Å². The third-order valence-electron chi connectivity index (χ3n) is 2.20. The molecule has 0 saturated carbocycles. The SMILES string of the molecule is C=C=C(C(=O)OC)[C@H](O)Cc1ccccc1. The van der Waals surface area contributed by atoms with Gasteiger partial charge < -0.3 is 9.84 Å². The van der Waals surface area contributed by atoms with Crippen LogP contribution in [-0.4, -0.2) is 24.3 Å². The van der Waals surface area contributed by atoms with Crippen LogP contribution in [0.15, 0.2) is 48.2 Å². The fourth-order valence-corrected chi connectivity index (χ4v) is 1.38. The van der Waals surface area contributed by atoms with Crippen molar-refractivity contribution >= 4 is 5.97 Å². The van der Waals surface area contributed by atoms with Crippen LogP contribution in [0.25, 0.3) is 0 Å². The number of carbonyl (C=O) groups is 1. The van der Waals surface area contributed by atoms with Gasteiger partial charge in [-0.2, -0.15) is 0 Å². The van der Waals surface area contributed by atoms with Crippen LogP contribution in [0.2, 0.25) is 0 Å². The third-order valence-corrected chi connectivity index (χ3v) is 2.20. The summed E-state index contributed by atoms with van der Waals surface area (Å²) in [4.78, 5) is 11.3. The smallest absolute Gasteiger partial charge is 0.344 e. The topological polar surface area (TPSA) is 46.5 Å². The van der Waals surface area contributed by atoms with E-state index < -0.39 is 12.1 Å². The number of aliphatic hydroxyl groups is 1. The Balaban J connectivity index is 2.75. The average Bonchev–Trinajstić information content (AvgIpc) is 2.31. The minimum absolute atomic E-state index is 0.0614. The summed E-state index contributed by atoms with van der Waals surface area (Å²) in [5, 5.41) is 9.82. The molecule has 0 bridgehead atoms. The zero-order valence-corrected chi connectivity index (χ0v) is 9.14. The molecule has 0 heterocycles. The van der Waals surface area contributed by atoms with E-state index in [-0.39, 0.29) is 5.57 Å². The predicted molar refractivity (Wildman–Crippen MR) is 60.8 cm³/mol. The van der Waals surface area contributed by atoms with E-state index in [1.54, 1.807) is 0 Å². The summed E-state index contributed by atoms with van der Waals surface area (Å²) < 4.78 is 4.52. The molecule has 16 heavy (non-hydrogen) atoms. The van der Waals surface area contributed by atoms with Crippen LogP contribution >= 0.6 is 0 Å². The summed E-state index contributed by atoms with van der Waals surface area (Å²) in [6, 6.07) is 9.39. The van der Waals surface area contributed by atoms with Crippen LogP contribution in [0.5, 0.6) is 0 Å². The number of methoxy groups -OCH3 is 1. The number of hydrogen-bond donors (Lipinski definition) is 1. The van der Waals surface area contributed by atoms with Gasteiger partial charge in [-0.1, -0.05) is 36.9 Å². The van der Waals surface area contributed by atoms with E-state index in [0.717, 1.165) is 5.56 Å². The highest BCUT2D eigenvalue weighted by molar-refractivity contribution is 5.89. The molecule has 1 rings (SSSR count).